The third-order valence-electron chi connectivity index (χ3n) is 13.1. The van der Waals surface area contributed by atoms with E-state index in [4.69, 9.17) is 9.97 Å². The van der Waals surface area contributed by atoms with Crippen LogP contribution >= 0.6 is 0 Å². The van der Waals surface area contributed by atoms with Crippen molar-refractivity contribution < 1.29 is 19.2 Å². The lowest BCUT2D eigenvalue weighted by atomic mass is 9.94. The molecule has 3 N–H and O–H groups in total. The number of para-hydroxylation sites is 2. The number of imide groups is 2. The van der Waals surface area contributed by atoms with E-state index in [1.807, 2.05) is 117 Å². The monoisotopic (exact) mass is 862 g/mol. The first-order chi connectivity index (χ1) is 31.5. The molecule has 0 saturated carbocycles. The number of aromatic amines is 1. The maximum absolute atomic E-state index is 13.9. The normalized spacial score (nSPS) is 16.2. The van der Waals surface area contributed by atoms with Crippen LogP contribution in [0.15, 0.2) is 104 Å². The molecule has 0 aliphatic carbocycles. The van der Waals surface area contributed by atoms with E-state index in [1.165, 1.54) is 0 Å². The number of hydrogen-bond acceptors (Lipinski definition) is 9. The summed E-state index contributed by atoms with van der Waals surface area (Å²) in [7, 11) is 8.13. The third kappa shape index (κ3) is 6.71. The van der Waals surface area contributed by atoms with E-state index < -0.39 is 23.6 Å². The van der Waals surface area contributed by atoms with Crippen LogP contribution in [0.4, 0.5) is 5.95 Å². The van der Waals surface area contributed by atoms with E-state index in [2.05, 4.69) is 48.0 Å². The minimum Gasteiger partial charge on any atom is -0.361 e. The van der Waals surface area contributed by atoms with Crippen molar-refractivity contribution >= 4 is 95.5 Å². The number of nitrogens with zero attached hydrogens (tertiary/aromatic N) is 7. The fourth-order valence-electron chi connectivity index (χ4n) is 9.77. The number of carbonyl (C=O) groups excluding carboxylic acids is 4. The number of amides is 4. The number of piperazine rings is 1. The molecule has 0 spiro atoms. The zero-order valence-electron chi connectivity index (χ0n) is 36.5. The van der Waals surface area contributed by atoms with Gasteiger partial charge in [0, 0.05) is 113 Å². The van der Waals surface area contributed by atoms with E-state index in [0.717, 1.165) is 69.9 Å². The van der Waals surface area contributed by atoms with Crippen LogP contribution in [0.3, 0.4) is 0 Å². The average Bonchev–Trinajstić information content (AvgIpc) is 4.10. The van der Waals surface area contributed by atoms with E-state index in [9.17, 15) is 19.2 Å². The fraction of sp³-hybridized carbons (Fsp3) is 0.216. The molecule has 4 aromatic carbocycles. The molecule has 4 aromatic heterocycles. The first kappa shape index (κ1) is 40.1. The van der Waals surface area contributed by atoms with Gasteiger partial charge in [0.2, 0.25) is 5.95 Å². The Morgan fingerprint density at radius 3 is 1.97 bits per heavy atom. The molecule has 1 fully saturated rings. The highest BCUT2D eigenvalue weighted by molar-refractivity contribution is 6.51. The number of anilines is 1. The predicted octanol–water partition coefficient (Wildman–Crippen LogP) is 6.06. The van der Waals surface area contributed by atoms with E-state index in [-0.39, 0.29) is 11.1 Å². The SMILES string of the molecule is CN(C)CCCn1cc(C2=C(c3cn(C)c4ccccc34)C(=O)NC2=O)c2ccc(-c3ccc4c(C5=C(c6c[nH]c7ccccc67)C(=O)NC5=O)nc(N5CCN(C)CC5)nc4c3)cc21. The van der Waals surface area contributed by atoms with Crippen molar-refractivity contribution in [2.75, 3.05) is 58.8 Å². The summed E-state index contributed by atoms with van der Waals surface area (Å²) in [5, 5.41) is 8.40. The number of benzene rings is 4. The number of rotatable bonds is 10. The second kappa shape index (κ2) is 15.5. The second-order valence-corrected chi connectivity index (χ2v) is 17.5. The van der Waals surface area contributed by atoms with Gasteiger partial charge in [0.25, 0.3) is 23.6 Å². The Kier molecular flexibility index (Phi) is 9.59. The van der Waals surface area contributed by atoms with Crippen LogP contribution in [-0.2, 0) is 32.8 Å². The number of fused-ring (bicyclic) bond motifs is 4. The second-order valence-electron chi connectivity index (χ2n) is 17.5. The summed E-state index contributed by atoms with van der Waals surface area (Å²) < 4.78 is 4.16. The number of likely N-dealkylation sites (N-methyl/N-ethyl adjacent to an activating group) is 1. The molecule has 3 aliphatic heterocycles. The number of H-pyrrole nitrogens is 1. The highest BCUT2D eigenvalue weighted by Crippen LogP contribution is 2.42. The van der Waals surface area contributed by atoms with Crippen molar-refractivity contribution in [2.45, 2.75) is 13.0 Å². The Balaban J connectivity index is 1.08. The van der Waals surface area contributed by atoms with Crippen LogP contribution < -0.4 is 15.5 Å². The summed E-state index contributed by atoms with van der Waals surface area (Å²) in [6, 6.07) is 27.7. The van der Waals surface area contributed by atoms with Gasteiger partial charge in [-0.15, -0.1) is 0 Å². The van der Waals surface area contributed by atoms with Gasteiger partial charge in [0.15, 0.2) is 0 Å². The van der Waals surface area contributed by atoms with Gasteiger partial charge < -0.3 is 28.8 Å². The van der Waals surface area contributed by atoms with Gasteiger partial charge in [-0.1, -0.05) is 54.6 Å². The number of carbonyl (C=O) groups is 4. The lowest BCUT2D eigenvalue weighted by molar-refractivity contribution is -0.124. The van der Waals surface area contributed by atoms with Gasteiger partial charge >= 0.3 is 0 Å². The molecule has 1 saturated heterocycles. The first-order valence-electron chi connectivity index (χ1n) is 21.9. The minimum atomic E-state index is -0.503. The van der Waals surface area contributed by atoms with Crippen molar-refractivity contribution in [3.05, 3.63) is 126 Å². The predicted molar refractivity (Wildman–Crippen MR) is 254 cm³/mol. The quantitative estimate of drug-likeness (QED) is 0.139. The minimum absolute atomic E-state index is 0.214. The van der Waals surface area contributed by atoms with Crippen LogP contribution in [0.1, 0.15) is 28.8 Å². The smallest absolute Gasteiger partial charge is 0.261 e. The number of nitrogens with one attached hydrogen (secondary N) is 3. The van der Waals surface area contributed by atoms with Crippen molar-refractivity contribution in [3.8, 4) is 11.1 Å². The Labute approximate surface area is 373 Å². The summed E-state index contributed by atoms with van der Waals surface area (Å²) >= 11 is 0. The Hall–Kier alpha value is -7.68. The van der Waals surface area contributed by atoms with Gasteiger partial charge in [0.1, 0.15) is 0 Å². The molecule has 0 atom stereocenters. The summed E-state index contributed by atoms with van der Waals surface area (Å²) in [5.41, 5.74) is 8.82. The van der Waals surface area contributed by atoms with Crippen molar-refractivity contribution in [1.82, 2.24) is 44.5 Å². The topological polar surface area (TPSA) is 153 Å². The number of aryl methyl sites for hydroxylation is 2. The zero-order valence-corrected chi connectivity index (χ0v) is 36.5. The molecular weight excluding hydrogens is 817 g/mol. The molecular formula is C51H46N10O4. The molecule has 7 heterocycles. The van der Waals surface area contributed by atoms with Crippen molar-refractivity contribution in [3.63, 3.8) is 0 Å². The standard InChI is InChI=1S/C51H46N10O4/c1-57(2)18-9-19-61-28-37(44-43(48(63)55-49(44)64)36-27-59(4)40-13-8-6-11-32(36)40)33-16-14-30(25-41(33)61)29-15-17-34-39(24-29)53-51(60-22-20-58(3)21-23-60)54-46(34)45-42(47(62)56-50(45)65)35-26-52-38-12-7-5-10-31(35)38/h5-8,10-17,24-28,52H,9,18-23H2,1-4H3,(H,55,63,64)(H,56,62,65). The summed E-state index contributed by atoms with van der Waals surface area (Å²) in [6.45, 7) is 4.60. The highest BCUT2D eigenvalue weighted by atomic mass is 16.2. The fourth-order valence-corrected chi connectivity index (χ4v) is 9.77. The molecule has 8 aromatic rings. The number of hydrogen-bond donors (Lipinski definition) is 3. The van der Waals surface area contributed by atoms with Gasteiger partial charge in [-0.25, -0.2) is 9.97 Å². The van der Waals surface area contributed by atoms with Crippen molar-refractivity contribution in [2.24, 2.45) is 7.05 Å². The molecule has 14 nitrogen and oxygen atoms in total. The average molecular weight is 863 g/mol. The highest BCUT2D eigenvalue weighted by Gasteiger charge is 2.37. The van der Waals surface area contributed by atoms with Crippen LogP contribution in [0, 0.1) is 0 Å². The summed E-state index contributed by atoms with van der Waals surface area (Å²) in [4.78, 5) is 75.2. The van der Waals surface area contributed by atoms with Gasteiger partial charge in [-0.3, -0.25) is 29.8 Å². The van der Waals surface area contributed by atoms with E-state index in [1.54, 1.807) is 6.20 Å². The molecule has 324 valence electrons. The summed E-state index contributed by atoms with van der Waals surface area (Å²) in [5.74, 6) is -1.32. The zero-order chi connectivity index (χ0) is 44.7. The lowest BCUT2D eigenvalue weighted by Crippen LogP contribution is -2.45. The molecule has 11 rings (SSSR count). The van der Waals surface area contributed by atoms with Gasteiger partial charge in [-0.05, 0) is 75.6 Å². The van der Waals surface area contributed by atoms with E-state index in [0.29, 0.717) is 70.0 Å². The maximum atomic E-state index is 13.9. The van der Waals surface area contributed by atoms with Crippen LogP contribution in [0.25, 0.3) is 77.0 Å². The molecule has 65 heavy (non-hydrogen) atoms. The van der Waals surface area contributed by atoms with Gasteiger partial charge in [0.05, 0.1) is 33.5 Å². The first-order valence-corrected chi connectivity index (χ1v) is 21.9. The molecule has 0 radical (unpaired) electrons. The molecule has 14 heteroatoms. The Morgan fingerprint density at radius 2 is 1.23 bits per heavy atom. The Bertz CT molecular complexity index is 3410. The van der Waals surface area contributed by atoms with E-state index >= 15 is 0 Å². The largest absolute Gasteiger partial charge is 0.361 e. The maximum Gasteiger partial charge on any atom is 0.261 e. The van der Waals surface area contributed by atoms with Crippen LogP contribution in [0.2, 0.25) is 0 Å². The van der Waals surface area contributed by atoms with Gasteiger partial charge in [-0.2, -0.15) is 0 Å². The molecule has 3 aliphatic rings. The third-order valence-corrected chi connectivity index (χ3v) is 13.1. The Morgan fingerprint density at radius 1 is 0.615 bits per heavy atom. The van der Waals surface area contributed by atoms with Crippen LogP contribution in [-0.4, -0.2) is 111 Å². The molecule has 0 unspecified atom stereocenters. The van der Waals surface area contributed by atoms with Crippen LogP contribution in [0.5, 0.6) is 0 Å². The van der Waals surface area contributed by atoms with Crippen molar-refractivity contribution in [1.29, 1.82) is 0 Å². The number of aromatic nitrogens is 5. The lowest BCUT2D eigenvalue weighted by Gasteiger charge is -2.32. The molecule has 0 bridgehead atoms. The molecule has 4 amide bonds. The summed E-state index contributed by atoms with van der Waals surface area (Å²) in [6.07, 6.45) is 6.57.